The van der Waals surface area contributed by atoms with Gasteiger partial charge in [0.2, 0.25) is 5.95 Å². The van der Waals surface area contributed by atoms with Gasteiger partial charge in [-0.05, 0) is 23.8 Å². The fourth-order valence-electron chi connectivity index (χ4n) is 3.52. The van der Waals surface area contributed by atoms with E-state index in [2.05, 4.69) is 42.0 Å². The molecule has 3 aromatic heterocycles. The minimum atomic E-state index is -1.53. The van der Waals surface area contributed by atoms with Crippen molar-refractivity contribution in [2.75, 3.05) is 10.6 Å². The van der Waals surface area contributed by atoms with Crippen molar-refractivity contribution in [1.82, 2.24) is 31.3 Å². The molecular formula is C23H16ClF2N9. The van der Waals surface area contributed by atoms with Crippen LogP contribution in [-0.2, 0) is 0 Å². The minimum Gasteiger partial charge on any atom is -0.373 e. The van der Waals surface area contributed by atoms with Crippen LogP contribution in [0.1, 0.15) is 18.5 Å². The van der Waals surface area contributed by atoms with E-state index < -0.39 is 17.8 Å². The standard InChI is InChI=1S/C23H16ClF2N9/c24-17-5-14(32-21(19-11-31-35-34-19)12-2-1-3-28-8-12)4-16-20(13(7-27)9-29-22(16)17)33-15-6-18(25)23(26)30-10-15/h1-6,8-11,21,31-32,34-35H,(H,29,33)/t21-/m1/s1/i21D. The molecule has 5 rings (SSSR count). The van der Waals surface area contributed by atoms with Crippen molar-refractivity contribution in [3.63, 3.8) is 0 Å². The zero-order valence-corrected chi connectivity index (χ0v) is 18.5. The molecule has 35 heavy (non-hydrogen) atoms. The van der Waals surface area contributed by atoms with Crippen LogP contribution >= 0.6 is 11.6 Å². The van der Waals surface area contributed by atoms with E-state index in [1.54, 1.807) is 42.9 Å². The number of nitrogens with zero attached hydrogens (tertiary/aromatic N) is 4. The summed E-state index contributed by atoms with van der Waals surface area (Å²) in [5, 5.41) is 16.4. The zero-order valence-electron chi connectivity index (χ0n) is 18.7. The maximum absolute atomic E-state index is 13.8. The van der Waals surface area contributed by atoms with Gasteiger partial charge in [-0.2, -0.15) is 15.2 Å². The molecule has 1 aliphatic heterocycles. The molecule has 0 aliphatic carbocycles. The van der Waals surface area contributed by atoms with Crippen LogP contribution in [0.5, 0.6) is 0 Å². The maximum atomic E-state index is 13.8. The summed E-state index contributed by atoms with van der Waals surface area (Å²) in [6.45, 7) is 0. The predicted octanol–water partition coefficient (Wildman–Crippen LogP) is 4.18. The van der Waals surface area contributed by atoms with Crippen molar-refractivity contribution >= 4 is 39.6 Å². The lowest BCUT2D eigenvalue weighted by molar-refractivity contribution is 0.480. The lowest BCUT2D eigenvalue weighted by atomic mass is 10.0. The van der Waals surface area contributed by atoms with Crippen molar-refractivity contribution in [2.45, 2.75) is 6.02 Å². The predicted molar refractivity (Wildman–Crippen MR) is 127 cm³/mol. The minimum absolute atomic E-state index is 0.120. The van der Waals surface area contributed by atoms with Gasteiger partial charge in [0.15, 0.2) is 5.82 Å². The van der Waals surface area contributed by atoms with Crippen LogP contribution in [0.15, 0.2) is 67.0 Å². The van der Waals surface area contributed by atoms with Crippen molar-refractivity contribution in [2.24, 2.45) is 0 Å². The molecule has 174 valence electrons. The van der Waals surface area contributed by atoms with Gasteiger partial charge in [-0.1, -0.05) is 17.7 Å². The van der Waals surface area contributed by atoms with Crippen LogP contribution in [0.25, 0.3) is 10.9 Å². The third-order valence-electron chi connectivity index (χ3n) is 5.09. The normalized spacial score (nSPS) is 14.7. The Hall–Kier alpha value is -4.53. The second-order valence-electron chi connectivity index (χ2n) is 7.33. The van der Waals surface area contributed by atoms with Crippen molar-refractivity contribution in [1.29, 1.82) is 5.26 Å². The van der Waals surface area contributed by atoms with Crippen LogP contribution in [-0.4, -0.2) is 15.0 Å². The number of rotatable bonds is 6. The molecule has 1 atom stereocenters. The fourth-order valence-corrected chi connectivity index (χ4v) is 3.79. The first-order valence-corrected chi connectivity index (χ1v) is 10.5. The van der Waals surface area contributed by atoms with Crippen molar-refractivity contribution < 1.29 is 10.2 Å². The van der Waals surface area contributed by atoms with Gasteiger partial charge in [0.25, 0.3) is 0 Å². The molecule has 0 bridgehead atoms. The van der Waals surface area contributed by atoms with E-state index in [-0.39, 0.29) is 22.0 Å². The lowest BCUT2D eigenvalue weighted by Crippen LogP contribution is -2.33. The number of pyridine rings is 3. The molecule has 4 aromatic rings. The summed E-state index contributed by atoms with van der Waals surface area (Å²) >= 11 is 6.55. The quantitative estimate of drug-likeness (QED) is 0.252. The smallest absolute Gasteiger partial charge is 0.249 e. The fraction of sp³-hybridized carbons (Fsp3) is 0.0435. The number of aromatic nitrogens is 3. The summed E-state index contributed by atoms with van der Waals surface area (Å²) in [6, 6.07) is 8.14. The number of nitriles is 1. The number of hydrogen-bond donors (Lipinski definition) is 5. The highest BCUT2D eigenvalue weighted by atomic mass is 35.5. The Morgan fingerprint density at radius 2 is 2.03 bits per heavy atom. The summed E-state index contributed by atoms with van der Waals surface area (Å²) in [5.41, 5.74) is 10.7. The number of halogens is 3. The number of anilines is 3. The van der Waals surface area contributed by atoms with E-state index in [0.29, 0.717) is 27.9 Å². The molecule has 0 saturated heterocycles. The lowest BCUT2D eigenvalue weighted by Gasteiger charge is -2.22. The first-order valence-electron chi connectivity index (χ1n) is 10.7. The molecule has 0 spiro atoms. The van der Waals surface area contributed by atoms with Gasteiger partial charge in [-0.25, -0.2) is 9.37 Å². The largest absolute Gasteiger partial charge is 0.373 e. The van der Waals surface area contributed by atoms with Crippen LogP contribution in [0, 0.1) is 23.1 Å². The SMILES string of the molecule is [2H][C@](Nc1cc(Cl)c2ncc(C#N)c(Nc3cnc(F)c(F)c3)c2c1)(C1=CNNN1)c1cccnc1. The van der Waals surface area contributed by atoms with Crippen molar-refractivity contribution in [3.8, 4) is 6.07 Å². The Morgan fingerprint density at radius 1 is 1.14 bits per heavy atom. The third-order valence-corrected chi connectivity index (χ3v) is 5.37. The number of benzene rings is 1. The molecule has 12 heteroatoms. The molecule has 9 nitrogen and oxygen atoms in total. The first-order chi connectivity index (χ1) is 17.4. The Bertz CT molecular complexity index is 1540. The van der Waals surface area contributed by atoms with Crippen LogP contribution in [0.4, 0.5) is 25.8 Å². The summed E-state index contributed by atoms with van der Waals surface area (Å²) < 4.78 is 36.3. The highest BCUT2D eigenvalue weighted by Crippen LogP contribution is 2.36. The topological polar surface area (TPSA) is 123 Å². The third kappa shape index (κ3) is 4.48. The highest BCUT2D eigenvalue weighted by Gasteiger charge is 2.21. The van der Waals surface area contributed by atoms with E-state index in [1.807, 2.05) is 6.07 Å². The van der Waals surface area contributed by atoms with E-state index in [9.17, 15) is 15.4 Å². The summed E-state index contributed by atoms with van der Waals surface area (Å²) in [5.74, 6) is -2.39. The molecule has 5 N–H and O–H groups in total. The monoisotopic (exact) mass is 492 g/mol. The Morgan fingerprint density at radius 3 is 2.74 bits per heavy atom. The number of hydrazine groups is 2. The van der Waals surface area contributed by atoms with Gasteiger partial charge in [0, 0.05) is 41.9 Å². The first kappa shape index (κ1) is 21.0. The van der Waals surface area contributed by atoms with E-state index >= 15 is 0 Å². The molecule has 4 heterocycles. The van der Waals surface area contributed by atoms with Gasteiger partial charge in [-0.15, -0.1) is 0 Å². The second-order valence-corrected chi connectivity index (χ2v) is 7.74. The van der Waals surface area contributed by atoms with Gasteiger partial charge in [0.05, 0.1) is 46.8 Å². The number of nitrogens with one attached hydrogen (secondary N) is 5. The van der Waals surface area contributed by atoms with Crippen LogP contribution < -0.4 is 27.0 Å². The Kier molecular flexibility index (Phi) is 5.64. The van der Waals surface area contributed by atoms with Crippen molar-refractivity contribution in [3.05, 3.63) is 94.9 Å². The molecule has 0 fully saturated rings. The summed E-state index contributed by atoms with van der Waals surface area (Å²) in [4.78, 5) is 11.8. The van der Waals surface area contributed by atoms with Gasteiger partial charge >= 0.3 is 0 Å². The van der Waals surface area contributed by atoms with Gasteiger partial charge < -0.3 is 21.5 Å². The summed E-state index contributed by atoms with van der Waals surface area (Å²) in [7, 11) is 0. The number of fused-ring (bicyclic) bond motifs is 1. The molecule has 1 aromatic carbocycles. The zero-order chi connectivity index (χ0) is 25.3. The molecule has 1 aliphatic rings. The maximum Gasteiger partial charge on any atom is 0.249 e. The van der Waals surface area contributed by atoms with E-state index in [4.69, 9.17) is 11.6 Å². The molecular weight excluding hydrogens is 476 g/mol. The average molecular weight is 493 g/mol. The van der Waals surface area contributed by atoms with Gasteiger partial charge in [0.1, 0.15) is 6.07 Å². The molecule has 0 radical (unpaired) electrons. The average Bonchev–Trinajstić information content (AvgIpc) is 3.43. The molecule has 0 amide bonds. The van der Waals surface area contributed by atoms with Crippen LogP contribution in [0.2, 0.25) is 5.02 Å². The Balaban J connectivity index is 1.63. The molecule has 0 saturated carbocycles. The van der Waals surface area contributed by atoms with E-state index in [1.165, 1.54) is 6.20 Å². The van der Waals surface area contributed by atoms with E-state index in [0.717, 1.165) is 12.3 Å². The molecule has 0 unspecified atom stereocenters. The number of hydrogen-bond acceptors (Lipinski definition) is 9. The second kappa shape index (κ2) is 9.38. The van der Waals surface area contributed by atoms with Crippen LogP contribution in [0.3, 0.4) is 0 Å². The van der Waals surface area contributed by atoms with Gasteiger partial charge in [-0.3, -0.25) is 9.97 Å². The Labute approximate surface area is 204 Å². The highest BCUT2D eigenvalue weighted by molar-refractivity contribution is 6.36. The summed E-state index contributed by atoms with van der Waals surface area (Å²) in [6.07, 6.45) is 7.18.